The van der Waals surface area contributed by atoms with Crippen LogP contribution >= 0.6 is 15.9 Å². The molecule has 0 aliphatic rings. The number of benzene rings is 1. The molecule has 0 atom stereocenters. The molecular formula is C13H9BrN4O3S. The van der Waals surface area contributed by atoms with E-state index in [0.717, 1.165) is 4.47 Å². The summed E-state index contributed by atoms with van der Waals surface area (Å²) in [6.45, 7) is 0. The minimum absolute atomic E-state index is 0.0190. The van der Waals surface area contributed by atoms with E-state index >= 15 is 0 Å². The molecule has 0 fully saturated rings. The fourth-order valence-corrected chi connectivity index (χ4v) is 2.48. The average Bonchev–Trinajstić information content (AvgIpc) is 2.97. The Labute approximate surface area is 134 Å². The largest absolute Gasteiger partial charge is 0.415 e. The number of sulfonamides is 1. The maximum atomic E-state index is 11.2. The van der Waals surface area contributed by atoms with E-state index in [1.165, 1.54) is 12.1 Å². The van der Waals surface area contributed by atoms with Gasteiger partial charge in [-0.2, -0.15) is 0 Å². The first-order valence-corrected chi connectivity index (χ1v) is 8.36. The summed E-state index contributed by atoms with van der Waals surface area (Å²) >= 11 is 3.29. The highest BCUT2D eigenvalue weighted by molar-refractivity contribution is 9.10. The van der Waals surface area contributed by atoms with E-state index in [1.54, 1.807) is 24.4 Å². The molecule has 3 aromatic rings. The van der Waals surface area contributed by atoms with Crippen molar-refractivity contribution < 1.29 is 12.8 Å². The predicted molar refractivity (Wildman–Crippen MR) is 82.0 cm³/mol. The van der Waals surface area contributed by atoms with Crippen LogP contribution in [0.5, 0.6) is 0 Å². The van der Waals surface area contributed by atoms with Gasteiger partial charge in [0, 0.05) is 16.2 Å². The number of halogens is 1. The predicted octanol–water partition coefficient (Wildman–Crippen LogP) is 2.21. The quantitative estimate of drug-likeness (QED) is 0.745. The first-order valence-electron chi connectivity index (χ1n) is 6.02. The topological polar surface area (TPSA) is 112 Å². The van der Waals surface area contributed by atoms with Gasteiger partial charge in [-0.3, -0.25) is 0 Å². The van der Waals surface area contributed by atoms with Crippen LogP contribution in [0.3, 0.4) is 0 Å². The number of pyridine rings is 1. The summed E-state index contributed by atoms with van der Waals surface area (Å²) in [7, 11) is -3.72. The van der Waals surface area contributed by atoms with Gasteiger partial charge in [0.2, 0.25) is 15.9 Å². The van der Waals surface area contributed by atoms with Crippen molar-refractivity contribution in [3.63, 3.8) is 0 Å². The molecule has 0 saturated carbocycles. The normalized spacial score (nSPS) is 11.5. The Hall–Kier alpha value is -2.10. The number of rotatable bonds is 3. The molecule has 2 aromatic heterocycles. The van der Waals surface area contributed by atoms with Crippen LogP contribution in [0, 0.1) is 0 Å². The third kappa shape index (κ3) is 3.06. The zero-order valence-corrected chi connectivity index (χ0v) is 13.4. The molecule has 0 saturated heterocycles. The molecule has 0 spiro atoms. The monoisotopic (exact) mass is 380 g/mol. The van der Waals surface area contributed by atoms with Crippen LogP contribution in [0.2, 0.25) is 0 Å². The molecule has 9 heteroatoms. The van der Waals surface area contributed by atoms with Gasteiger partial charge in [-0.15, -0.1) is 10.2 Å². The van der Waals surface area contributed by atoms with Crippen molar-refractivity contribution in [2.75, 3.05) is 0 Å². The summed E-state index contributed by atoms with van der Waals surface area (Å²) in [5.41, 5.74) is 1.13. The second-order valence-corrected chi connectivity index (χ2v) is 6.82. The molecule has 0 amide bonds. The van der Waals surface area contributed by atoms with Crippen molar-refractivity contribution in [1.29, 1.82) is 0 Å². The standard InChI is InChI=1S/C13H9BrN4O3S/c14-9-3-6-11(16-7-9)13-18-17-12(21-13)8-1-4-10(5-2-8)22(15,19)20/h1-7H,(H2,15,19,20). The van der Waals surface area contributed by atoms with Crippen molar-refractivity contribution in [2.45, 2.75) is 4.90 Å². The van der Waals surface area contributed by atoms with Gasteiger partial charge in [0.15, 0.2) is 0 Å². The van der Waals surface area contributed by atoms with E-state index in [-0.39, 0.29) is 16.7 Å². The van der Waals surface area contributed by atoms with Crippen molar-refractivity contribution >= 4 is 26.0 Å². The first-order chi connectivity index (χ1) is 10.4. The minimum Gasteiger partial charge on any atom is -0.415 e. The molecule has 1 aromatic carbocycles. The lowest BCUT2D eigenvalue weighted by molar-refractivity contribution is 0.581. The molecule has 0 radical (unpaired) electrons. The smallest absolute Gasteiger partial charge is 0.266 e. The molecule has 112 valence electrons. The highest BCUT2D eigenvalue weighted by atomic mass is 79.9. The lowest BCUT2D eigenvalue weighted by atomic mass is 10.2. The molecule has 0 bridgehead atoms. The Morgan fingerprint density at radius 2 is 1.68 bits per heavy atom. The Bertz CT molecular complexity index is 905. The van der Waals surface area contributed by atoms with Crippen LogP contribution < -0.4 is 5.14 Å². The summed E-state index contributed by atoms with van der Waals surface area (Å²) < 4.78 is 28.8. The van der Waals surface area contributed by atoms with Crippen molar-refractivity contribution in [1.82, 2.24) is 15.2 Å². The molecule has 22 heavy (non-hydrogen) atoms. The summed E-state index contributed by atoms with van der Waals surface area (Å²) in [6.07, 6.45) is 1.63. The Morgan fingerprint density at radius 1 is 1.00 bits per heavy atom. The molecule has 0 aliphatic carbocycles. The molecule has 2 N–H and O–H groups in total. The molecule has 3 rings (SSSR count). The molecule has 0 aliphatic heterocycles. The number of hydrogen-bond acceptors (Lipinski definition) is 6. The molecular weight excluding hydrogens is 372 g/mol. The van der Waals surface area contributed by atoms with Crippen molar-refractivity contribution in [3.05, 3.63) is 47.1 Å². The van der Waals surface area contributed by atoms with Crippen LogP contribution in [0.15, 0.2) is 56.4 Å². The summed E-state index contributed by atoms with van der Waals surface area (Å²) in [5.74, 6) is 0.540. The first kappa shape index (κ1) is 14.8. The SMILES string of the molecule is NS(=O)(=O)c1ccc(-c2nnc(-c3ccc(Br)cn3)o2)cc1. The lowest BCUT2D eigenvalue weighted by Gasteiger charge is -1.98. The average molecular weight is 381 g/mol. The van der Waals surface area contributed by atoms with E-state index in [4.69, 9.17) is 9.56 Å². The summed E-state index contributed by atoms with van der Waals surface area (Å²) in [5, 5.41) is 12.9. The number of nitrogens with zero attached hydrogens (tertiary/aromatic N) is 3. The fraction of sp³-hybridized carbons (Fsp3) is 0. The van der Waals surface area contributed by atoms with Crippen LogP contribution in [-0.4, -0.2) is 23.6 Å². The second-order valence-electron chi connectivity index (χ2n) is 4.34. The zero-order chi connectivity index (χ0) is 15.7. The van der Waals surface area contributed by atoms with E-state index in [2.05, 4.69) is 31.1 Å². The summed E-state index contributed by atoms with van der Waals surface area (Å²) in [6, 6.07) is 9.41. The Morgan fingerprint density at radius 3 is 2.27 bits per heavy atom. The maximum Gasteiger partial charge on any atom is 0.266 e. The number of nitrogens with two attached hydrogens (primary N) is 1. The van der Waals surface area contributed by atoms with Gasteiger partial charge in [-0.05, 0) is 52.3 Å². The van der Waals surface area contributed by atoms with Gasteiger partial charge in [-0.1, -0.05) is 0 Å². The van der Waals surface area contributed by atoms with Crippen LogP contribution in [0.4, 0.5) is 0 Å². The van der Waals surface area contributed by atoms with Crippen LogP contribution in [0.25, 0.3) is 23.0 Å². The highest BCUT2D eigenvalue weighted by Gasteiger charge is 2.13. The minimum atomic E-state index is -3.72. The number of aromatic nitrogens is 3. The zero-order valence-electron chi connectivity index (χ0n) is 11.0. The third-order valence-corrected chi connectivity index (χ3v) is 4.20. The van der Waals surface area contributed by atoms with E-state index in [9.17, 15) is 8.42 Å². The lowest BCUT2D eigenvalue weighted by Crippen LogP contribution is -2.11. The Kier molecular flexibility index (Phi) is 3.77. The number of primary sulfonamides is 1. The van der Waals surface area contributed by atoms with Crippen molar-refractivity contribution in [3.8, 4) is 23.0 Å². The summed E-state index contributed by atoms with van der Waals surface area (Å²) in [4.78, 5) is 4.18. The van der Waals surface area contributed by atoms with Crippen molar-refractivity contribution in [2.24, 2.45) is 5.14 Å². The van der Waals surface area contributed by atoms with Gasteiger partial charge in [-0.25, -0.2) is 18.5 Å². The third-order valence-electron chi connectivity index (χ3n) is 2.80. The van der Waals surface area contributed by atoms with Gasteiger partial charge in [0.1, 0.15) is 5.69 Å². The number of hydrogen-bond donors (Lipinski definition) is 1. The molecule has 7 nitrogen and oxygen atoms in total. The van der Waals surface area contributed by atoms with Gasteiger partial charge in [0.05, 0.1) is 4.90 Å². The van der Waals surface area contributed by atoms with Crippen LogP contribution in [-0.2, 0) is 10.0 Å². The van der Waals surface area contributed by atoms with E-state index in [0.29, 0.717) is 11.3 Å². The van der Waals surface area contributed by atoms with Gasteiger partial charge in [0.25, 0.3) is 5.89 Å². The fourth-order valence-electron chi connectivity index (χ4n) is 1.73. The molecule has 2 heterocycles. The molecule has 0 unspecified atom stereocenters. The van der Waals surface area contributed by atoms with Gasteiger partial charge < -0.3 is 4.42 Å². The second kappa shape index (κ2) is 5.59. The van der Waals surface area contributed by atoms with E-state index in [1.807, 2.05) is 6.07 Å². The highest BCUT2D eigenvalue weighted by Crippen LogP contribution is 2.24. The van der Waals surface area contributed by atoms with E-state index < -0.39 is 10.0 Å². The van der Waals surface area contributed by atoms with Gasteiger partial charge >= 0.3 is 0 Å². The maximum absolute atomic E-state index is 11.2. The van der Waals surface area contributed by atoms with Crippen LogP contribution in [0.1, 0.15) is 0 Å². The Balaban J connectivity index is 1.92.